The maximum absolute atomic E-state index is 12.9. The van der Waals surface area contributed by atoms with Gasteiger partial charge in [0.25, 0.3) is 5.91 Å². The Bertz CT molecular complexity index is 906. The predicted octanol–water partition coefficient (Wildman–Crippen LogP) is 4.51. The van der Waals surface area contributed by atoms with E-state index in [0.717, 1.165) is 22.5 Å². The van der Waals surface area contributed by atoms with Crippen LogP contribution in [0, 0.1) is 19.7 Å². The van der Waals surface area contributed by atoms with Crippen molar-refractivity contribution in [2.75, 3.05) is 5.32 Å². The molecule has 0 aliphatic rings. The van der Waals surface area contributed by atoms with Gasteiger partial charge in [0.05, 0.1) is 11.9 Å². The van der Waals surface area contributed by atoms with Crippen LogP contribution in [0.3, 0.4) is 0 Å². The molecule has 0 saturated heterocycles. The number of carbonyl (C=O) groups excluding carboxylic acids is 1. The Morgan fingerprint density at radius 1 is 1.04 bits per heavy atom. The summed E-state index contributed by atoms with van der Waals surface area (Å²) < 4.78 is 12.9. The SMILES string of the molecule is Cc1ccc(C)c(Nc2ccc(C(=O)NCc3ccc(F)cc3)nc2)c1. The van der Waals surface area contributed by atoms with Crippen LogP contribution in [0.25, 0.3) is 0 Å². The second-order valence-corrected chi connectivity index (χ2v) is 6.18. The molecule has 1 amide bonds. The summed E-state index contributed by atoms with van der Waals surface area (Å²) in [4.78, 5) is 16.4. The molecular weight excluding hydrogens is 329 g/mol. The van der Waals surface area contributed by atoms with E-state index in [2.05, 4.69) is 33.8 Å². The van der Waals surface area contributed by atoms with E-state index in [1.54, 1.807) is 24.4 Å². The fourth-order valence-electron chi connectivity index (χ4n) is 2.50. The lowest BCUT2D eigenvalue weighted by Crippen LogP contribution is -2.23. The van der Waals surface area contributed by atoms with Crippen LogP contribution in [0.15, 0.2) is 60.8 Å². The molecule has 2 N–H and O–H groups in total. The minimum Gasteiger partial charge on any atom is -0.354 e. The number of amides is 1. The maximum atomic E-state index is 12.9. The quantitative estimate of drug-likeness (QED) is 0.712. The average Bonchev–Trinajstić information content (AvgIpc) is 2.64. The van der Waals surface area contributed by atoms with Crippen LogP contribution in [-0.2, 0) is 6.54 Å². The molecule has 0 aliphatic carbocycles. The Morgan fingerprint density at radius 2 is 1.81 bits per heavy atom. The summed E-state index contributed by atoms with van der Waals surface area (Å²) in [5.41, 5.74) is 5.29. The number of aromatic nitrogens is 1. The van der Waals surface area contributed by atoms with Crippen molar-refractivity contribution in [1.82, 2.24) is 10.3 Å². The van der Waals surface area contributed by atoms with Crippen molar-refractivity contribution in [3.63, 3.8) is 0 Å². The van der Waals surface area contributed by atoms with Crippen LogP contribution >= 0.6 is 0 Å². The van der Waals surface area contributed by atoms with Gasteiger partial charge in [0.15, 0.2) is 0 Å². The van der Waals surface area contributed by atoms with Gasteiger partial charge in [-0.2, -0.15) is 0 Å². The maximum Gasteiger partial charge on any atom is 0.270 e. The molecular formula is C21H20FN3O. The zero-order valence-electron chi connectivity index (χ0n) is 14.7. The normalized spacial score (nSPS) is 10.4. The fraction of sp³-hybridized carbons (Fsp3) is 0.143. The number of carbonyl (C=O) groups is 1. The second-order valence-electron chi connectivity index (χ2n) is 6.18. The second kappa shape index (κ2) is 7.78. The lowest BCUT2D eigenvalue weighted by Gasteiger charge is -2.11. The van der Waals surface area contributed by atoms with E-state index in [9.17, 15) is 9.18 Å². The number of benzene rings is 2. The molecule has 4 nitrogen and oxygen atoms in total. The van der Waals surface area contributed by atoms with Crippen molar-refractivity contribution in [3.8, 4) is 0 Å². The Labute approximate surface area is 152 Å². The van der Waals surface area contributed by atoms with Crippen molar-refractivity contribution in [2.45, 2.75) is 20.4 Å². The van der Waals surface area contributed by atoms with E-state index in [1.807, 2.05) is 19.9 Å². The van der Waals surface area contributed by atoms with E-state index >= 15 is 0 Å². The van der Waals surface area contributed by atoms with Crippen molar-refractivity contribution in [2.24, 2.45) is 0 Å². The molecule has 0 fully saturated rings. The van der Waals surface area contributed by atoms with E-state index in [0.29, 0.717) is 12.2 Å². The van der Waals surface area contributed by atoms with E-state index in [4.69, 9.17) is 0 Å². The highest BCUT2D eigenvalue weighted by Crippen LogP contribution is 2.21. The topological polar surface area (TPSA) is 54.0 Å². The standard InChI is InChI=1S/C21H20FN3O/c1-14-3-4-15(2)20(11-14)25-18-9-10-19(23-13-18)21(26)24-12-16-5-7-17(22)8-6-16/h3-11,13,25H,12H2,1-2H3,(H,24,26). The van der Waals surface area contributed by atoms with Crippen LogP contribution in [0.1, 0.15) is 27.2 Å². The van der Waals surface area contributed by atoms with Crippen LogP contribution < -0.4 is 10.6 Å². The van der Waals surface area contributed by atoms with Gasteiger partial charge in [-0.25, -0.2) is 9.37 Å². The number of halogens is 1. The number of aryl methyl sites for hydroxylation is 2. The molecule has 0 bridgehead atoms. The smallest absolute Gasteiger partial charge is 0.270 e. The van der Waals surface area contributed by atoms with E-state index in [1.165, 1.54) is 17.7 Å². The molecule has 0 atom stereocenters. The molecule has 0 saturated carbocycles. The largest absolute Gasteiger partial charge is 0.354 e. The van der Waals surface area contributed by atoms with Gasteiger partial charge >= 0.3 is 0 Å². The van der Waals surface area contributed by atoms with Gasteiger partial charge in [-0.3, -0.25) is 4.79 Å². The van der Waals surface area contributed by atoms with Crippen LogP contribution in [0.5, 0.6) is 0 Å². The molecule has 1 aromatic heterocycles. The third-order valence-electron chi connectivity index (χ3n) is 4.03. The number of nitrogens with zero attached hydrogens (tertiary/aromatic N) is 1. The Balaban J connectivity index is 1.62. The first-order chi connectivity index (χ1) is 12.5. The van der Waals surface area contributed by atoms with Gasteiger partial charge in [0.2, 0.25) is 0 Å². The van der Waals surface area contributed by atoms with Crippen molar-refractivity contribution in [1.29, 1.82) is 0 Å². The zero-order chi connectivity index (χ0) is 18.5. The molecule has 2 aromatic carbocycles. The number of pyridine rings is 1. The minimum atomic E-state index is -0.298. The monoisotopic (exact) mass is 349 g/mol. The summed E-state index contributed by atoms with van der Waals surface area (Å²) in [7, 11) is 0. The predicted molar refractivity (Wildman–Crippen MR) is 101 cm³/mol. The molecule has 5 heteroatoms. The summed E-state index contributed by atoms with van der Waals surface area (Å²) in [5.74, 6) is -0.568. The molecule has 0 unspecified atom stereocenters. The number of anilines is 2. The van der Waals surface area contributed by atoms with Gasteiger partial charge in [-0.1, -0.05) is 24.3 Å². The van der Waals surface area contributed by atoms with Gasteiger partial charge < -0.3 is 10.6 Å². The summed E-state index contributed by atoms with van der Waals surface area (Å²) in [6.45, 7) is 4.40. The number of rotatable bonds is 5. The molecule has 0 radical (unpaired) electrons. The number of hydrogen-bond acceptors (Lipinski definition) is 3. The molecule has 3 rings (SSSR count). The molecule has 3 aromatic rings. The van der Waals surface area contributed by atoms with Gasteiger partial charge in [0.1, 0.15) is 11.5 Å². The van der Waals surface area contributed by atoms with Crippen molar-refractivity contribution < 1.29 is 9.18 Å². The molecule has 0 spiro atoms. The summed E-state index contributed by atoms with van der Waals surface area (Å²) in [6, 6.07) is 15.7. The van der Waals surface area contributed by atoms with Crippen LogP contribution in [-0.4, -0.2) is 10.9 Å². The van der Waals surface area contributed by atoms with Crippen molar-refractivity contribution in [3.05, 3.63) is 89.0 Å². The lowest BCUT2D eigenvalue weighted by atomic mass is 10.1. The van der Waals surface area contributed by atoms with Gasteiger partial charge in [0, 0.05) is 12.2 Å². The minimum absolute atomic E-state index is 0.271. The highest BCUT2D eigenvalue weighted by Gasteiger charge is 2.07. The van der Waals surface area contributed by atoms with E-state index in [-0.39, 0.29) is 11.7 Å². The first-order valence-corrected chi connectivity index (χ1v) is 8.34. The van der Waals surface area contributed by atoms with Gasteiger partial charge in [-0.05, 0) is 60.9 Å². The number of nitrogens with one attached hydrogen (secondary N) is 2. The first kappa shape index (κ1) is 17.6. The molecule has 26 heavy (non-hydrogen) atoms. The zero-order valence-corrected chi connectivity index (χ0v) is 14.7. The Kier molecular flexibility index (Phi) is 5.27. The number of hydrogen-bond donors (Lipinski definition) is 2. The highest BCUT2D eigenvalue weighted by molar-refractivity contribution is 5.92. The molecule has 1 heterocycles. The summed E-state index contributed by atoms with van der Waals surface area (Å²) in [5, 5.41) is 6.09. The third-order valence-corrected chi connectivity index (χ3v) is 4.03. The summed E-state index contributed by atoms with van der Waals surface area (Å²) in [6.07, 6.45) is 1.63. The van der Waals surface area contributed by atoms with Crippen molar-refractivity contribution >= 4 is 17.3 Å². The van der Waals surface area contributed by atoms with Crippen LogP contribution in [0.4, 0.5) is 15.8 Å². The first-order valence-electron chi connectivity index (χ1n) is 8.34. The van der Waals surface area contributed by atoms with Crippen LogP contribution in [0.2, 0.25) is 0 Å². The van der Waals surface area contributed by atoms with E-state index < -0.39 is 0 Å². The Hall–Kier alpha value is -3.21. The third kappa shape index (κ3) is 4.45. The average molecular weight is 349 g/mol. The summed E-state index contributed by atoms with van der Waals surface area (Å²) >= 11 is 0. The van der Waals surface area contributed by atoms with Gasteiger partial charge in [-0.15, -0.1) is 0 Å². The fourth-order valence-corrected chi connectivity index (χ4v) is 2.50. The lowest BCUT2D eigenvalue weighted by molar-refractivity contribution is 0.0946. The molecule has 132 valence electrons. The Morgan fingerprint density at radius 3 is 2.50 bits per heavy atom. The highest BCUT2D eigenvalue weighted by atomic mass is 19.1. The molecule has 0 aliphatic heterocycles.